The van der Waals surface area contributed by atoms with Crippen LogP contribution in [0.25, 0.3) is 0 Å². The Morgan fingerprint density at radius 3 is 2.90 bits per heavy atom. The molecule has 1 aromatic carbocycles. The number of fused-ring (bicyclic) bond motifs is 3. The molecule has 4 atom stereocenters. The molecule has 2 N–H and O–H groups in total. The highest BCUT2D eigenvalue weighted by molar-refractivity contribution is 5.98. The minimum Gasteiger partial charge on any atom is -0.497 e. The summed E-state index contributed by atoms with van der Waals surface area (Å²) in [5, 5.41) is 5.88. The predicted octanol–water partition coefficient (Wildman–Crippen LogP) is 0.908. The highest BCUT2D eigenvalue weighted by Gasteiger charge is 2.57. The van der Waals surface area contributed by atoms with Gasteiger partial charge in [-0.1, -0.05) is 0 Å². The van der Waals surface area contributed by atoms with Crippen LogP contribution in [0.4, 0.5) is 0 Å². The van der Waals surface area contributed by atoms with Gasteiger partial charge in [0.15, 0.2) is 5.72 Å². The third kappa shape index (κ3) is 2.92. The van der Waals surface area contributed by atoms with Gasteiger partial charge >= 0.3 is 0 Å². The number of nitrogens with zero attached hydrogens (tertiary/aromatic N) is 1. The fraction of sp³-hybridized carbons (Fsp3) is 0.571. The number of carbonyl (C=O) groups is 3. The molecule has 4 fully saturated rings. The van der Waals surface area contributed by atoms with Gasteiger partial charge in [0.2, 0.25) is 11.8 Å². The van der Waals surface area contributed by atoms with Crippen molar-refractivity contribution in [1.82, 2.24) is 15.5 Å². The van der Waals surface area contributed by atoms with Gasteiger partial charge in [-0.15, -0.1) is 0 Å². The Morgan fingerprint density at radius 1 is 1.31 bits per heavy atom. The number of ether oxygens (including phenoxy) is 2. The molecule has 1 spiro atoms. The van der Waals surface area contributed by atoms with Gasteiger partial charge in [-0.3, -0.25) is 14.4 Å². The Morgan fingerprint density at radius 2 is 2.17 bits per heavy atom. The average Bonchev–Trinajstić information content (AvgIpc) is 2.73. The monoisotopic (exact) mass is 399 g/mol. The summed E-state index contributed by atoms with van der Waals surface area (Å²) in [6.45, 7) is 1.20. The van der Waals surface area contributed by atoms with E-state index in [9.17, 15) is 14.4 Å². The maximum Gasteiger partial charge on any atom is 0.258 e. The number of carbonyl (C=O) groups excluding carboxylic acids is 3. The lowest BCUT2D eigenvalue weighted by Crippen LogP contribution is -2.67. The van der Waals surface area contributed by atoms with Crippen molar-refractivity contribution in [1.29, 1.82) is 0 Å². The molecule has 1 saturated heterocycles. The van der Waals surface area contributed by atoms with Crippen molar-refractivity contribution in [2.75, 3.05) is 26.7 Å². The van der Waals surface area contributed by atoms with E-state index in [0.29, 0.717) is 43.0 Å². The zero-order chi connectivity index (χ0) is 20.2. The minimum atomic E-state index is -0.768. The zero-order valence-electron chi connectivity index (χ0n) is 16.4. The maximum atomic E-state index is 13.1. The largest absolute Gasteiger partial charge is 0.497 e. The molecule has 2 bridgehead atoms. The normalized spacial score (nSPS) is 32.9. The van der Waals surface area contributed by atoms with Gasteiger partial charge in [-0.05, 0) is 37.3 Å². The van der Waals surface area contributed by atoms with E-state index >= 15 is 0 Å². The van der Waals surface area contributed by atoms with Crippen molar-refractivity contribution < 1.29 is 23.9 Å². The standard InChI is InChI=1S/C21H25N3O5/c1-28-14-4-5-15-17(9-14)29-21(23-19(15)26)10-12-2-3-13(21)8-16(12)20(27)24-7-6-22-18(25)11-24/h4-5,9,12-13,16H,2-3,6-8,10-11H2,1H3,(H,22,25)(H,23,26)/t12-,13+,16-,21+/m0/s1. The van der Waals surface area contributed by atoms with Gasteiger partial charge in [0.1, 0.15) is 11.5 Å². The fourth-order valence-corrected chi connectivity index (χ4v) is 5.48. The summed E-state index contributed by atoms with van der Waals surface area (Å²) in [5.41, 5.74) is -0.264. The second-order valence-corrected chi connectivity index (χ2v) is 8.50. The van der Waals surface area contributed by atoms with Crippen LogP contribution >= 0.6 is 0 Å². The quantitative estimate of drug-likeness (QED) is 0.771. The summed E-state index contributed by atoms with van der Waals surface area (Å²) in [5.74, 6) is 1.08. The van der Waals surface area contributed by atoms with Crippen LogP contribution in [0.1, 0.15) is 36.0 Å². The third-order valence-electron chi connectivity index (χ3n) is 6.94. The van der Waals surface area contributed by atoms with Crippen LogP contribution in [0.2, 0.25) is 0 Å². The van der Waals surface area contributed by atoms with Gasteiger partial charge < -0.3 is 25.0 Å². The summed E-state index contributed by atoms with van der Waals surface area (Å²) < 4.78 is 11.7. The second kappa shape index (κ2) is 6.64. The van der Waals surface area contributed by atoms with E-state index in [1.807, 2.05) is 0 Å². The lowest BCUT2D eigenvalue weighted by molar-refractivity contribution is -0.158. The van der Waals surface area contributed by atoms with E-state index in [0.717, 1.165) is 12.8 Å². The maximum absolute atomic E-state index is 13.1. The number of methoxy groups -OCH3 is 1. The Labute approximate surface area is 168 Å². The van der Waals surface area contributed by atoms with Crippen molar-refractivity contribution in [3.8, 4) is 11.5 Å². The van der Waals surface area contributed by atoms with Crippen molar-refractivity contribution in [2.24, 2.45) is 17.8 Å². The summed E-state index contributed by atoms with van der Waals surface area (Å²) in [4.78, 5) is 39.3. The molecule has 0 unspecified atom stereocenters. The molecule has 5 aliphatic rings. The lowest BCUT2D eigenvalue weighted by Gasteiger charge is -2.55. The minimum absolute atomic E-state index is 0.0587. The molecule has 154 valence electrons. The summed E-state index contributed by atoms with van der Waals surface area (Å²) >= 11 is 0. The van der Waals surface area contributed by atoms with Gasteiger partial charge in [0.05, 0.1) is 19.2 Å². The van der Waals surface area contributed by atoms with Crippen LogP contribution in [-0.2, 0) is 9.59 Å². The highest BCUT2D eigenvalue weighted by Crippen LogP contribution is 2.53. The van der Waals surface area contributed by atoms with Crippen molar-refractivity contribution >= 4 is 17.7 Å². The molecule has 8 heteroatoms. The summed E-state index contributed by atoms with van der Waals surface area (Å²) in [6, 6.07) is 5.22. The molecule has 1 aromatic rings. The number of piperazine rings is 1. The molecular weight excluding hydrogens is 374 g/mol. The molecule has 0 radical (unpaired) electrons. The number of hydrogen-bond donors (Lipinski definition) is 2. The third-order valence-corrected chi connectivity index (χ3v) is 6.94. The summed E-state index contributed by atoms with van der Waals surface area (Å²) in [7, 11) is 1.58. The number of hydrogen-bond acceptors (Lipinski definition) is 5. The second-order valence-electron chi connectivity index (χ2n) is 8.50. The van der Waals surface area contributed by atoms with E-state index in [-0.39, 0.29) is 42.0 Å². The smallest absolute Gasteiger partial charge is 0.258 e. The molecule has 6 rings (SSSR count). The van der Waals surface area contributed by atoms with Crippen molar-refractivity contribution in [2.45, 2.75) is 31.4 Å². The molecule has 3 saturated carbocycles. The molecule has 3 aliphatic carbocycles. The molecule has 0 aromatic heterocycles. The van der Waals surface area contributed by atoms with Crippen LogP contribution in [0, 0.1) is 17.8 Å². The number of nitrogens with one attached hydrogen (secondary N) is 2. The molecule has 2 heterocycles. The number of rotatable bonds is 2. The molecule has 3 amide bonds. The molecule has 8 nitrogen and oxygen atoms in total. The van der Waals surface area contributed by atoms with Gasteiger partial charge in [0, 0.05) is 37.4 Å². The van der Waals surface area contributed by atoms with E-state index in [1.165, 1.54) is 0 Å². The first kappa shape index (κ1) is 18.3. The van der Waals surface area contributed by atoms with Crippen LogP contribution in [0.15, 0.2) is 18.2 Å². The SMILES string of the molecule is COc1ccc2c(c1)O[C@@]1(C[C@@H]3CC[C@@H]1C[C@@H]3C(=O)N1CCNC(=O)C1)NC2=O. The van der Waals surface area contributed by atoms with E-state index < -0.39 is 5.72 Å². The Bertz CT molecular complexity index is 887. The number of benzene rings is 1. The lowest BCUT2D eigenvalue weighted by atomic mass is 9.59. The van der Waals surface area contributed by atoms with Crippen LogP contribution < -0.4 is 20.1 Å². The Hall–Kier alpha value is -2.77. The topological polar surface area (TPSA) is 97.0 Å². The number of amides is 3. The van der Waals surface area contributed by atoms with E-state index in [1.54, 1.807) is 30.2 Å². The Kier molecular flexibility index (Phi) is 4.18. The van der Waals surface area contributed by atoms with Crippen LogP contribution in [0.3, 0.4) is 0 Å². The average molecular weight is 399 g/mol. The van der Waals surface area contributed by atoms with Gasteiger partial charge in [-0.25, -0.2) is 0 Å². The molecule has 29 heavy (non-hydrogen) atoms. The Balaban J connectivity index is 1.38. The fourth-order valence-electron chi connectivity index (χ4n) is 5.48. The van der Waals surface area contributed by atoms with Crippen molar-refractivity contribution in [3.63, 3.8) is 0 Å². The molecular formula is C21H25N3O5. The van der Waals surface area contributed by atoms with Crippen molar-refractivity contribution in [3.05, 3.63) is 23.8 Å². The molecule has 2 aliphatic heterocycles. The zero-order valence-corrected chi connectivity index (χ0v) is 16.4. The van der Waals surface area contributed by atoms with E-state index in [2.05, 4.69) is 10.6 Å². The van der Waals surface area contributed by atoms with E-state index in [4.69, 9.17) is 9.47 Å². The highest BCUT2D eigenvalue weighted by atomic mass is 16.5. The van der Waals surface area contributed by atoms with Crippen LogP contribution in [-0.4, -0.2) is 55.1 Å². The van der Waals surface area contributed by atoms with Crippen LogP contribution in [0.5, 0.6) is 11.5 Å². The van der Waals surface area contributed by atoms with Gasteiger partial charge in [-0.2, -0.15) is 0 Å². The first-order chi connectivity index (χ1) is 14.0. The first-order valence-corrected chi connectivity index (χ1v) is 10.2. The van der Waals surface area contributed by atoms with Gasteiger partial charge in [0.25, 0.3) is 5.91 Å². The first-order valence-electron chi connectivity index (χ1n) is 10.2. The summed E-state index contributed by atoms with van der Waals surface area (Å²) in [6.07, 6.45) is 3.12. The predicted molar refractivity (Wildman–Crippen MR) is 102 cm³/mol.